The van der Waals surface area contributed by atoms with E-state index < -0.39 is 0 Å². The summed E-state index contributed by atoms with van der Waals surface area (Å²) in [6.45, 7) is 0.619. The number of hydrogen-bond donors (Lipinski definition) is 2. The maximum absolute atomic E-state index is 10.7. The second-order valence-electron chi connectivity index (χ2n) is 2.69. The van der Waals surface area contributed by atoms with E-state index >= 15 is 0 Å². The summed E-state index contributed by atoms with van der Waals surface area (Å²) in [5, 5.41) is 11.8. The molecule has 1 aromatic heterocycles. The van der Waals surface area contributed by atoms with Crippen molar-refractivity contribution in [1.29, 1.82) is 0 Å². The summed E-state index contributed by atoms with van der Waals surface area (Å²) in [7, 11) is 1.34. The zero-order valence-electron chi connectivity index (χ0n) is 7.86. The number of aromatic hydroxyl groups is 1. The fraction of sp³-hybridized carbons (Fsp3) is 0.333. The Morgan fingerprint density at radius 1 is 1.64 bits per heavy atom. The van der Waals surface area contributed by atoms with Gasteiger partial charge in [-0.3, -0.25) is 9.78 Å². The Labute approximate surface area is 81.7 Å². The van der Waals surface area contributed by atoms with E-state index in [-0.39, 0.29) is 18.3 Å². The molecule has 0 bridgehead atoms. The highest BCUT2D eigenvalue weighted by Crippen LogP contribution is 2.05. The summed E-state index contributed by atoms with van der Waals surface area (Å²) >= 11 is 0. The SMILES string of the molecule is COC(=O)CNCc1ccc(O)cn1. The number of carbonyl (C=O) groups is 1. The smallest absolute Gasteiger partial charge is 0.319 e. The van der Waals surface area contributed by atoms with Gasteiger partial charge in [-0.1, -0.05) is 0 Å². The van der Waals surface area contributed by atoms with E-state index in [1.807, 2.05) is 0 Å². The van der Waals surface area contributed by atoms with Crippen molar-refractivity contribution >= 4 is 5.97 Å². The van der Waals surface area contributed by atoms with Gasteiger partial charge in [0.2, 0.25) is 0 Å². The first-order valence-corrected chi connectivity index (χ1v) is 4.14. The molecule has 0 radical (unpaired) electrons. The van der Waals surface area contributed by atoms with Gasteiger partial charge in [0.15, 0.2) is 0 Å². The number of methoxy groups -OCH3 is 1. The summed E-state index contributed by atoms with van der Waals surface area (Å²) in [4.78, 5) is 14.6. The number of rotatable bonds is 4. The Kier molecular flexibility index (Phi) is 3.87. The number of esters is 1. The molecular weight excluding hydrogens is 184 g/mol. The van der Waals surface area contributed by atoms with E-state index in [4.69, 9.17) is 5.11 Å². The summed E-state index contributed by atoms with van der Waals surface area (Å²) in [5.41, 5.74) is 0.756. The predicted octanol–water partition coefficient (Wildman–Crippen LogP) is 0.0498. The normalized spacial score (nSPS) is 9.79. The summed E-state index contributed by atoms with van der Waals surface area (Å²) < 4.78 is 4.45. The highest BCUT2D eigenvalue weighted by Gasteiger charge is 1.99. The van der Waals surface area contributed by atoms with Crippen molar-refractivity contribution in [1.82, 2.24) is 10.3 Å². The van der Waals surface area contributed by atoms with Gasteiger partial charge in [-0.2, -0.15) is 0 Å². The molecule has 5 heteroatoms. The minimum absolute atomic E-state index is 0.127. The zero-order valence-corrected chi connectivity index (χ0v) is 7.86. The minimum atomic E-state index is -0.316. The van der Waals surface area contributed by atoms with E-state index in [1.54, 1.807) is 12.1 Å². The molecule has 0 aliphatic heterocycles. The molecule has 0 saturated heterocycles. The topological polar surface area (TPSA) is 71.5 Å². The van der Waals surface area contributed by atoms with Gasteiger partial charge in [-0.25, -0.2) is 0 Å². The van der Waals surface area contributed by atoms with Gasteiger partial charge in [0, 0.05) is 6.54 Å². The number of ether oxygens (including phenoxy) is 1. The number of aromatic nitrogens is 1. The van der Waals surface area contributed by atoms with Crippen molar-refractivity contribution < 1.29 is 14.6 Å². The first-order valence-electron chi connectivity index (χ1n) is 4.14. The quantitative estimate of drug-likeness (QED) is 0.666. The van der Waals surface area contributed by atoms with Crippen LogP contribution < -0.4 is 5.32 Å². The molecule has 0 unspecified atom stereocenters. The van der Waals surface area contributed by atoms with Crippen LogP contribution >= 0.6 is 0 Å². The average molecular weight is 196 g/mol. The Morgan fingerprint density at radius 3 is 3.00 bits per heavy atom. The number of carbonyl (C=O) groups excluding carboxylic acids is 1. The standard InChI is InChI=1S/C9H12N2O3/c1-14-9(13)6-10-4-7-2-3-8(12)5-11-7/h2-3,5,10,12H,4,6H2,1H3. The molecule has 0 aliphatic rings. The van der Waals surface area contributed by atoms with Crippen LogP contribution in [0.5, 0.6) is 5.75 Å². The van der Waals surface area contributed by atoms with E-state index in [0.29, 0.717) is 6.54 Å². The minimum Gasteiger partial charge on any atom is -0.506 e. The van der Waals surface area contributed by atoms with Gasteiger partial charge >= 0.3 is 5.97 Å². The second kappa shape index (κ2) is 5.18. The van der Waals surface area contributed by atoms with Gasteiger partial charge in [0.05, 0.1) is 25.5 Å². The number of hydrogen-bond acceptors (Lipinski definition) is 5. The van der Waals surface area contributed by atoms with Crippen LogP contribution in [0, 0.1) is 0 Å². The highest BCUT2D eigenvalue weighted by atomic mass is 16.5. The van der Waals surface area contributed by atoms with E-state index in [1.165, 1.54) is 13.3 Å². The molecule has 14 heavy (non-hydrogen) atoms. The molecule has 0 spiro atoms. The van der Waals surface area contributed by atoms with Crippen LogP contribution in [0.1, 0.15) is 5.69 Å². The molecular formula is C9H12N2O3. The average Bonchev–Trinajstić information content (AvgIpc) is 2.21. The highest BCUT2D eigenvalue weighted by molar-refractivity contribution is 5.71. The Balaban J connectivity index is 2.31. The third kappa shape index (κ3) is 3.40. The van der Waals surface area contributed by atoms with Crippen LogP contribution in [0.4, 0.5) is 0 Å². The lowest BCUT2D eigenvalue weighted by Crippen LogP contribution is -2.23. The van der Waals surface area contributed by atoms with Gasteiger partial charge < -0.3 is 15.2 Å². The van der Waals surface area contributed by atoms with Crippen molar-refractivity contribution in [2.45, 2.75) is 6.54 Å². The molecule has 76 valence electrons. The van der Waals surface area contributed by atoms with Crippen molar-refractivity contribution in [2.24, 2.45) is 0 Å². The number of pyridine rings is 1. The number of nitrogens with zero attached hydrogens (tertiary/aromatic N) is 1. The maximum atomic E-state index is 10.7. The van der Waals surface area contributed by atoms with E-state index in [0.717, 1.165) is 5.69 Å². The zero-order chi connectivity index (χ0) is 10.4. The first-order chi connectivity index (χ1) is 6.72. The van der Waals surface area contributed by atoms with Crippen LogP contribution in [0.2, 0.25) is 0 Å². The molecule has 0 saturated carbocycles. The first kappa shape index (κ1) is 10.5. The molecule has 0 aromatic carbocycles. The molecule has 1 heterocycles. The van der Waals surface area contributed by atoms with E-state index in [9.17, 15) is 4.79 Å². The summed E-state index contributed by atoms with van der Waals surface area (Å²) in [6.07, 6.45) is 1.36. The van der Waals surface area contributed by atoms with Crippen molar-refractivity contribution in [3.8, 4) is 5.75 Å². The monoisotopic (exact) mass is 196 g/mol. The van der Waals surface area contributed by atoms with Gasteiger partial charge in [0.25, 0.3) is 0 Å². The third-order valence-electron chi connectivity index (χ3n) is 1.61. The van der Waals surface area contributed by atoms with Crippen LogP contribution in [-0.4, -0.2) is 29.7 Å². The molecule has 0 aliphatic carbocycles. The molecule has 0 fully saturated rings. The molecule has 2 N–H and O–H groups in total. The van der Waals surface area contributed by atoms with Crippen molar-refractivity contribution in [3.63, 3.8) is 0 Å². The molecule has 5 nitrogen and oxygen atoms in total. The third-order valence-corrected chi connectivity index (χ3v) is 1.61. The molecule has 1 rings (SSSR count). The summed E-state index contributed by atoms with van der Waals surface area (Å²) in [5.74, 6) is -0.189. The van der Waals surface area contributed by atoms with Crippen molar-refractivity contribution in [3.05, 3.63) is 24.0 Å². The summed E-state index contributed by atoms with van der Waals surface area (Å²) in [6, 6.07) is 3.22. The van der Waals surface area contributed by atoms with Crippen LogP contribution in [0.15, 0.2) is 18.3 Å². The second-order valence-corrected chi connectivity index (χ2v) is 2.69. The lowest BCUT2D eigenvalue weighted by molar-refractivity contribution is -0.139. The van der Waals surface area contributed by atoms with Gasteiger partial charge in [-0.05, 0) is 12.1 Å². The van der Waals surface area contributed by atoms with Gasteiger partial charge in [0.1, 0.15) is 5.75 Å². The largest absolute Gasteiger partial charge is 0.506 e. The Bertz CT molecular complexity index is 297. The maximum Gasteiger partial charge on any atom is 0.319 e. The lowest BCUT2D eigenvalue weighted by atomic mass is 10.3. The fourth-order valence-electron chi connectivity index (χ4n) is 0.886. The van der Waals surface area contributed by atoms with Crippen LogP contribution in [0.3, 0.4) is 0 Å². The van der Waals surface area contributed by atoms with Gasteiger partial charge in [-0.15, -0.1) is 0 Å². The van der Waals surface area contributed by atoms with Crippen LogP contribution in [-0.2, 0) is 16.1 Å². The lowest BCUT2D eigenvalue weighted by Gasteiger charge is -2.02. The Morgan fingerprint density at radius 2 is 2.43 bits per heavy atom. The van der Waals surface area contributed by atoms with Crippen LogP contribution in [0.25, 0.3) is 0 Å². The predicted molar refractivity (Wildman–Crippen MR) is 49.6 cm³/mol. The fourth-order valence-corrected chi connectivity index (χ4v) is 0.886. The molecule has 1 aromatic rings. The molecule has 0 amide bonds. The van der Waals surface area contributed by atoms with E-state index in [2.05, 4.69) is 15.0 Å². The van der Waals surface area contributed by atoms with Crippen molar-refractivity contribution in [2.75, 3.05) is 13.7 Å². The number of nitrogens with one attached hydrogen (secondary N) is 1. The Hall–Kier alpha value is -1.62. The molecule has 0 atom stereocenters.